The normalized spacial score (nSPS) is 20.7. The maximum absolute atomic E-state index is 12.5. The molecule has 0 unspecified atom stereocenters. The summed E-state index contributed by atoms with van der Waals surface area (Å²) in [4.78, 5) is 26.0. The number of rotatable bonds is 7. The third-order valence-electron chi connectivity index (χ3n) is 6.61. The molecule has 0 radical (unpaired) electrons. The van der Waals surface area contributed by atoms with Gasteiger partial charge in [-0.25, -0.2) is 4.79 Å². The van der Waals surface area contributed by atoms with Gasteiger partial charge < -0.3 is 28.4 Å². The summed E-state index contributed by atoms with van der Waals surface area (Å²) in [6.07, 6.45) is 4.32. The van der Waals surface area contributed by atoms with Gasteiger partial charge in [0.1, 0.15) is 18.5 Å². The Morgan fingerprint density at radius 3 is 2.59 bits per heavy atom. The number of nitrogens with zero attached hydrogens (tertiary/aromatic N) is 2. The molecule has 1 aromatic carbocycles. The number of aryl methyl sites for hydroxylation is 1. The Balaban J connectivity index is 1.37. The number of hydrogen-bond donors (Lipinski definition) is 0. The fourth-order valence-corrected chi connectivity index (χ4v) is 4.55. The minimum absolute atomic E-state index is 0.0904. The second kappa shape index (κ2) is 10.9. The van der Waals surface area contributed by atoms with E-state index < -0.39 is 0 Å². The van der Waals surface area contributed by atoms with E-state index in [4.69, 9.17) is 23.5 Å². The zero-order valence-electron chi connectivity index (χ0n) is 20.0. The van der Waals surface area contributed by atoms with Crippen molar-refractivity contribution in [2.75, 3.05) is 27.4 Å². The quantitative estimate of drug-likeness (QED) is 0.555. The lowest BCUT2D eigenvalue weighted by Gasteiger charge is -2.28. The van der Waals surface area contributed by atoms with Gasteiger partial charge in [-0.15, -0.1) is 0 Å². The van der Waals surface area contributed by atoms with Crippen LogP contribution < -0.4 is 4.74 Å². The van der Waals surface area contributed by atoms with Gasteiger partial charge in [0.2, 0.25) is 0 Å². The van der Waals surface area contributed by atoms with E-state index in [1.165, 1.54) is 7.11 Å². The molecule has 1 aromatic heterocycles. The average molecular weight is 473 g/mol. The van der Waals surface area contributed by atoms with Gasteiger partial charge in [-0.3, -0.25) is 4.79 Å². The molecule has 0 N–H and O–H groups in total. The fourth-order valence-electron chi connectivity index (χ4n) is 4.55. The third kappa shape index (κ3) is 5.52. The second-order valence-electron chi connectivity index (χ2n) is 8.94. The molecule has 1 saturated carbocycles. The maximum Gasteiger partial charge on any atom is 0.410 e. The highest BCUT2D eigenvalue weighted by molar-refractivity contribution is 5.72. The van der Waals surface area contributed by atoms with Crippen LogP contribution in [0.4, 0.5) is 4.79 Å². The molecule has 4 rings (SSSR count). The molecule has 1 aliphatic heterocycles. The number of amides is 1. The Bertz CT molecular complexity index is 982. The Morgan fingerprint density at radius 2 is 1.88 bits per heavy atom. The molecular weight excluding hydrogens is 440 g/mol. The molecule has 0 spiro atoms. The lowest BCUT2D eigenvalue weighted by atomic mass is 10.0. The predicted octanol–water partition coefficient (Wildman–Crippen LogP) is 4.12. The van der Waals surface area contributed by atoms with Gasteiger partial charge in [-0.2, -0.15) is 0 Å². The van der Waals surface area contributed by atoms with Crippen LogP contribution >= 0.6 is 0 Å². The molecule has 2 atom stereocenters. The van der Waals surface area contributed by atoms with Crippen LogP contribution in [0.3, 0.4) is 0 Å². The van der Waals surface area contributed by atoms with Crippen molar-refractivity contribution in [2.24, 2.45) is 5.92 Å². The number of carbonyl (C=O) groups is 2. The summed E-state index contributed by atoms with van der Waals surface area (Å²) >= 11 is 0. The van der Waals surface area contributed by atoms with E-state index in [1.54, 1.807) is 11.9 Å². The van der Waals surface area contributed by atoms with E-state index in [9.17, 15) is 9.59 Å². The van der Waals surface area contributed by atoms with Crippen LogP contribution in [0.1, 0.15) is 43.4 Å². The number of carbonyl (C=O) groups excluding carboxylic acids is 2. The van der Waals surface area contributed by atoms with E-state index in [0.717, 1.165) is 36.8 Å². The maximum atomic E-state index is 12.5. The van der Waals surface area contributed by atoms with E-state index in [0.29, 0.717) is 36.8 Å². The number of esters is 1. The third-order valence-corrected chi connectivity index (χ3v) is 6.61. The molecule has 34 heavy (non-hydrogen) atoms. The molecule has 2 fully saturated rings. The molecule has 1 aliphatic carbocycles. The highest BCUT2D eigenvalue weighted by Gasteiger charge is 2.30. The summed E-state index contributed by atoms with van der Waals surface area (Å²) in [7, 11) is 3.17. The first-order valence-corrected chi connectivity index (χ1v) is 11.7. The number of hydrogen-bond acceptors (Lipinski definition) is 8. The molecule has 9 nitrogen and oxygen atoms in total. The molecular formula is C25H32N2O7. The van der Waals surface area contributed by atoms with Crippen molar-refractivity contribution in [3.8, 4) is 17.1 Å². The van der Waals surface area contributed by atoms with Gasteiger partial charge in [0, 0.05) is 25.1 Å². The Labute approximate surface area is 199 Å². The summed E-state index contributed by atoms with van der Waals surface area (Å²) in [6, 6.07) is 7.65. The van der Waals surface area contributed by atoms with Gasteiger partial charge in [0.25, 0.3) is 0 Å². The lowest BCUT2D eigenvalue weighted by Crippen LogP contribution is -2.37. The molecule has 0 bridgehead atoms. The predicted molar refractivity (Wildman–Crippen MR) is 122 cm³/mol. The Hall–Kier alpha value is -3.07. The zero-order valence-corrected chi connectivity index (χ0v) is 20.0. The SMILES string of the molecule is COC(=O)[C@H]1COC[C@@H](Oc2ccc(-c3onc(C)c3COC(=O)N(C)C3CCCC3)cc2)C1. The minimum atomic E-state index is -0.331. The van der Waals surface area contributed by atoms with E-state index in [1.807, 2.05) is 31.2 Å². The van der Waals surface area contributed by atoms with Gasteiger partial charge in [-0.05, 0) is 44.0 Å². The minimum Gasteiger partial charge on any atom is -0.488 e. The monoisotopic (exact) mass is 472 g/mol. The standard InChI is InChI=1S/C25H32N2O7/c1-16-22(15-32-25(29)27(2)19-6-4-5-7-19)23(34-26-16)17-8-10-20(11-9-17)33-21-12-18(13-31-14-21)24(28)30-3/h8-11,18-19,21H,4-7,12-15H2,1-3H3/t18-,21+/m1/s1. The first-order chi connectivity index (χ1) is 16.5. The van der Waals surface area contributed by atoms with E-state index in [-0.39, 0.29) is 36.7 Å². The molecule has 1 saturated heterocycles. The number of benzene rings is 1. The molecule has 184 valence electrons. The number of ether oxygens (including phenoxy) is 4. The van der Waals surface area contributed by atoms with Gasteiger partial charge in [0.05, 0.1) is 37.5 Å². The van der Waals surface area contributed by atoms with Gasteiger partial charge in [-0.1, -0.05) is 18.0 Å². The lowest BCUT2D eigenvalue weighted by molar-refractivity contribution is -0.152. The Kier molecular flexibility index (Phi) is 7.72. The topological polar surface area (TPSA) is 100 Å². The smallest absolute Gasteiger partial charge is 0.410 e. The van der Waals surface area contributed by atoms with Crippen molar-refractivity contribution in [1.29, 1.82) is 0 Å². The van der Waals surface area contributed by atoms with Crippen molar-refractivity contribution in [3.63, 3.8) is 0 Å². The fraction of sp³-hybridized carbons (Fsp3) is 0.560. The van der Waals surface area contributed by atoms with Crippen molar-refractivity contribution in [2.45, 2.75) is 57.8 Å². The number of methoxy groups -OCH3 is 1. The van der Waals surface area contributed by atoms with Crippen molar-refractivity contribution in [3.05, 3.63) is 35.5 Å². The van der Waals surface area contributed by atoms with E-state index >= 15 is 0 Å². The summed E-state index contributed by atoms with van der Waals surface area (Å²) in [6.45, 7) is 2.68. The largest absolute Gasteiger partial charge is 0.488 e. The highest BCUT2D eigenvalue weighted by Crippen LogP contribution is 2.30. The van der Waals surface area contributed by atoms with Gasteiger partial charge in [0.15, 0.2) is 5.76 Å². The summed E-state index contributed by atoms with van der Waals surface area (Å²) in [5.41, 5.74) is 2.22. The Morgan fingerprint density at radius 1 is 1.15 bits per heavy atom. The summed E-state index contributed by atoms with van der Waals surface area (Å²) < 4.78 is 27.5. The van der Waals surface area contributed by atoms with Crippen LogP contribution in [0.2, 0.25) is 0 Å². The van der Waals surface area contributed by atoms with Crippen LogP contribution in [0, 0.1) is 12.8 Å². The van der Waals surface area contributed by atoms with Crippen molar-refractivity contribution < 1.29 is 33.1 Å². The summed E-state index contributed by atoms with van der Waals surface area (Å²) in [5.74, 6) is 0.613. The van der Waals surface area contributed by atoms with Crippen molar-refractivity contribution >= 4 is 12.1 Å². The van der Waals surface area contributed by atoms with Crippen molar-refractivity contribution in [1.82, 2.24) is 10.1 Å². The van der Waals surface area contributed by atoms with Crippen LogP contribution in [-0.4, -0.2) is 61.6 Å². The zero-order chi connectivity index (χ0) is 24.1. The van der Waals surface area contributed by atoms with Crippen LogP contribution in [0.25, 0.3) is 11.3 Å². The molecule has 2 aliphatic rings. The summed E-state index contributed by atoms with van der Waals surface area (Å²) in [5, 5.41) is 4.07. The highest BCUT2D eigenvalue weighted by atomic mass is 16.6. The van der Waals surface area contributed by atoms with Crippen LogP contribution in [0.5, 0.6) is 5.75 Å². The first-order valence-electron chi connectivity index (χ1n) is 11.7. The average Bonchev–Trinajstić information content (AvgIpc) is 3.52. The van der Waals surface area contributed by atoms with Gasteiger partial charge >= 0.3 is 12.1 Å². The van der Waals surface area contributed by atoms with E-state index in [2.05, 4.69) is 5.16 Å². The molecule has 1 amide bonds. The molecule has 9 heteroatoms. The van der Waals surface area contributed by atoms with Crippen LogP contribution in [0.15, 0.2) is 28.8 Å². The first kappa shape index (κ1) is 24.1. The molecule has 2 heterocycles. The molecule has 2 aromatic rings. The van der Waals surface area contributed by atoms with Crippen LogP contribution in [-0.2, 0) is 25.6 Å². The number of aromatic nitrogens is 1. The second-order valence-corrected chi connectivity index (χ2v) is 8.94.